The second kappa shape index (κ2) is 12.1. The van der Waals surface area contributed by atoms with E-state index in [1.165, 1.54) is 0 Å². The highest BCUT2D eigenvalue weighted by Crippen LogP contribution is 2.33. The number of rotatable bonds is 10. The van der Waals surface area contributed by atoms with Crippen molar-refractivity contribution in [1.29, 1.82) is 0 Å². The van der Waals surface area contributed by atoms with E-state index in [1.54, 1.807) is 31.2 Å². The summed E-state index contributed by atoms with van der Waals surface area (Å²) in [4.78, 5) is 1.92. The minimum absolute atomic E-state index is 0.0489. The summed E-state index contributed by atoms with van der Waals surface area (Å²) in [5, 5.41) is 4.08. The minimum Gasteiger partial charge on any atom is -0.360 e. The number of halogens is 3. The first-order chi connectivity index (χ1) is 19.5. The van der Waals surface area contributed by atoms with Crippen LogP contribution in [0.3, 0.4) is 0 Å². The normalized spacial score (nSPS) is 15.5. The molecule has 3 aromatic rings. The van der Waals surface area contributed by atoms with Crippen LogP contribution in [-0.4, -0.2) is 46.4 Å². The van der Waals surface area contributed by atoms with Gasteiger partial charge in [0.1, 0.15) is 18.3 Å². The molecule has 1 atom stereocenters. The zero-order chi connectivity index (χ0) is 31.0. The third-order valence-electron chi connectivity index (χ3n) is 7.52. The predicted octanol–water partition coefficient (Wildman–Crippen LogP) is 7.02. The average molecular weight is 624 g/mol. The van der Waals surface area contributed by atoms with E-state index < -0.39 is 41.6 Å². The highest BCUT2D eigenvalue weighted by molar-refractivity contribution is 7.92. The van der Waals surface area contributed by atoms with E-state index >= 15 is 0 Å². The van der Waals surface area contributed by atoms with Gasteiger partial charge in [-0.3, -0.25) is 4.90 Å². The lowest BCUT2D eigenvalue weighted by Crippen LogP contribution is -2.35. The minimum atomic E-state index is -4.12. The molecule has 0 bridgehead atoms. The van der Waals surface area contributed by atoms with Crippen LogP contribution in [0.4, 0.5) is 19.0 Å². The van der Waals surface area contributed by atoms with Gasteiger partial charge in [-0.25, -0.2) is 25.9 Å². The molecule has 0 fully saturated rings. The van der Waals surface area contributed by atoms with Crippen molar-refractivity contribution in [3.63, 3.8) is 0 Å². The molecule has 1 aliphatic rings. The van der Waals surface area contributed by atoms with E-state index in [0.717, 1.165) is 27.5 Å². The molecule has 0 radical (unpaired) electrons. The molecule has 2 aromatic carbocycles. The fourth-order valence-electron chi connectivity index (χ4n) is 4.77. The van der Waals surface area contributed by atoms with E-state index in [-0.39, 0.29) is 35.0 Å². The second-order valence-electron chi connectivity index (χ2n) is 13.1. The van der Waals surface area contributed by atoms with Crippen molar-refractivity contribution in [2.75, 3.05) is 24.2 Å². The van der Waals surface area contributed by atoms with Gasteiger partial charge in [0.25, 0.3) is 10.0 Å². The SMILES string of the molecule is CC(c1cc(F)cc(F)c1F)N1CCc2ccc(S(=O)(=O)N(COCC[Si](C)(C)C)c3cc(C(C)(C)C)on3)cc2C1. The summed E-state index contributed by atoms with van der Waals surface area (Å²) < 4.78 is 82.9. The van der Waals surface area contributed by atoms with Crippen molar-refractivity contribution >= 4 is 23.9 Å². The Balaban J connectivity index is 1.63. The molecule has 0 saturated heterocycles. The van der Waals surface area contributed by atoms with Gasteiger partial charge in [0.05, 0.1) is 4.90 Å². The number of hydrogen-bond donors (Lipinski definition) is 0. The fraction of sp³-hybridized carbons (Fsp3) is 0.500. The second-order valence-corrected chi connectivity index (χ2v) is 20.6. The molecule has 1 aliphatic heterocycles. The first-order valence-electron chi connectivity index (χ1n) is 14.1. The molecule has 7 nitrogen and oxygen atoms in total. The summed E-state index contributed by atoms with van der Waals surface area (Å²) in [5.74, 6) is -2.51. The number of aromatic nitrogens is 1. The summed E-state index contributed by atoms with van der Waals surface area (Å²) in [6, 6.07) is 8.33. The van der Waals surface area contributed by atoms with Crippen molar-refractivity contribution in [1.82, 2.24) is 10.1 Å². The lowest BCUT2D eigenvalue weighted by Gasteiger charge is -2.34. The Morgan fingerprint density at radius 2 is 1.81 bits per heavy atom. The molecule has 0 N–H and O–H groups in total. The highest BCUT2D eigenvalue weighted by Gasteiger charge is 2.32. The Labute approximate surface area is 247 Å². The van der Waals surface area contributed by atoms with Gasteiger partial charge in [-0.1, -0.05) is 51.6 Å². The van der Waals surface area contributed by atoms with Crippen molar-refractivity contribution < 1.29 is 30.8 Å². The van der Waals surface area contributed by atoms with Gasteiger partial charge in [-0.15, -0.1) is 0 Å². The number of anilines is 1. The Hall–Kier alpha value is -2.67. The summed E-state index contributed by atoms with van der Waals surface area (Å²) in [5.41, 5.74) is 1.23. The molecule has 0 saturated carbocycles. The third kappa shape index (κ3) is 7.27. The van der Waals surface area contributed by atoms with Crippen LogP contribution in [0.2, 0.25) is 25.7 Å². The van der Waals surface area contributed by atoms with E-state index in [9.17, 15) is 21.6 Å². The monoisotopic (exact) mass is 623 g/mol. The van der Waals surface area contributed by atoms with Crippen LogP contribution < -0.4 is 4.31 Å². The molecule has 12 heteroatoms. The van der Waals surface area contributed by atoms with E-state index in [1.807, 2.05) is 25.7 Å². The number of ether oxygens (including phenoxy) is 1. The molecule has 0 spiro atoms. The van der Waals surface area contributed by atoms with Gasteiger partial charge in [0, 0.05) is 56.9 Å². The Morgan fingerprint density at radius 3 is 2.45 bits per heavy atom. The summed E-state index contributed by atoms with van der Waals surface area (Å²) >= 11 is 0. The largest absolute Gasteiger partial charge is 0.360 e. The Kier molecular flexibility index (Phi) is 9.32. The van der Waals surface area contributed by atoms with Crippen LogP contribution >= 0.6 is 0 Å². The number of benzene rings is 2. The van der Waals surface area contributed by atoms with Crippen LogP contribution in [0.1, 0.15) is 56.2 Å². The summed E-state index contributed by atoms with van der Waals surface area (Å²) in [6.07, 6.45) is 0.571. The maximum Gasteiger partial charge on any atom is 0.267 e. The molecular formula is C30H40F3N3O4SSi. The molecular weight excluding hydrogens is 583 g/mol. The summed E-state index contributed by atoms with van der Waals surface area (Å²) in [6.45, 7) is 15.2. The quantitative estimate of drug-likeness (QED) is 0.105. The number of nitrogens with zero attached hydrogens (tertiary/aromatic N) is 3. The molecule has 0 aliphatic carbocycles. The van der Waals surface area contributed by atoms with Crippen LogP contribution in [0.15, 0.2) is 45.8 Å². The molecule has 1 unspecified atom stereocenters. The van der Waals surface area contributed by atoms with E-state index in [0.29, 0.717) is 31.4 Å². The lowest BCUT2D eigenvalue weighted by atomic mass is 9.93. The van der Waals surface area contributed by atoms with Crippen molar-refractivity contribution in [2.24, 2.45) is 0 Å². The predicted molar refractivity (Wildman–Crippen MR) is 159 cm³/mol. The number of sulfonamides is 1. The van der Waals surface area contributed by atoms with Crippen LogP contribution in [0.5, 0.6) is 0 Å². The molecule has 42 heavy (non-hydrogen) atoms. The van der Waals surface area contributed by atoms with Gasteiger partial charge in [0.15, 0.2) is 17.5 Å². The molecule has 0 amide bonds. The van der Waals surface area contributed by atoms with Crippen molar-refractivity contribution in [3.8, 4) is 0 Å². The molecule has 4 rings (SSSR count). The van der Waals surface area contributed by atoms with E-state index in [4.69, 9.17) is 9.26 Å². The molecule has 230 valence electrons. The van der Waals surface area contributed by atoms with Gasteiger partial charge in [-0.2, -0.15) is 0 Å². The number of fused-ring (bicyclic) bond motifs is 1. The fourth-order valence-corrected chi connectivity index (χ4v) is 6.86. The topological polar surface area (TPSA) is 75.9 Å². The smallest absolute Gasteiger partial charge is 0.267 e. The lowest BCUT2D eigenvalue weighted by molar-refractivity contribution is 0.155. The van der Waals surface area contributed by atoms with Gasteiger partial charge >= 0.3 is 0 Å². The first-order valence-corrected chi connectivity index (χ1v) is 19.2. The highest BCUT2D eigenvalue weighted by atomic mass is 32.2. The zero-order valence-corrected chi connectivity index (χ0v) is 27.1. The van der Waals surface area contributed by atoms with Crippen LogP contribution in [-0.2, 0) is 33.1 Å². The Morgan fingerprint density at radius 1 is 1.10 bits per heavy atom. The maximum atomic E-state index is 14.5. The average Bonchev–Trinajstić information content (AvgIpc) is 3.39. The zero-order valence-electron chi connectivity index (χ0n) is 25.3. The molecule has 2 heterocycles. The van der Waals surface area contributed by atoms with Gasteiger partial charge in [0.2, 0.25) is 0 Å². The first kappa shape index (κ1) is 32.2. The number of hydrogen-bond acceptors (Lipinski definition) is 6. The molecule has 1 aromatic heterocycles. The van der Waals surface area contributed by atoms with Crippen molar-refractivity contribution in [2.45, 2.75) is 82.7 Å². The Bertz CT molecular complexity index is 1530. The standard InChI is InChI=1S/C30H40F3N3O4SSi/c1-20(25-15-23(31)16-26(32)29(25)33)35-11-10-21-8-9-24(14-22(21)18-35)41(37,38)36(19-39-12-13-42(5,6)7)28-17-27(40-34-28)30(2,3)4/h8-9,14-17,20H,10-13,18-19H2,1-7H3. The third-order valence-corrected chi connectivity index (χ3v) is 11.0. The van der Waals surface area contributed by atoms with Gasteiger partial charge < -0.3 is 9.26 Å². The maximum absolute atomic E-state index is 14.5. The summed E-state index contributed by atoms with van der Waals surface area (Å²) in [7, 11) is -5.53. The van der Waals surface area contributed by atoms with Crippen LogP contribution in [0, 0.1) is 17.5 Å². The van der Waals surface area contributed by atoms with Crippen molar-refractivity contribution in [3.05, 3.63) is 76.3 Å². The van der Waals surface area contributed by atoms with Crippen LogP contribution in [0.25, 0.3) is 0 Å². The van der Waals surface area contributed by atoms with E-state index in [2.05, 4.69) is 24.8 Å². The van der Waals surface area contributed by atoms with Gasteiger partial charge in [-0.05, 0) is 48.7 Å².